The third-order valence-corrected chi connectivity index (χ3v) is 3.18. The van der Waals surface area contributed by atoms with Gasteiger partial charge in [0.1, 0.15) is 5.69 Å². The second-order valence-corrected chi connectivity index (χ2v) is 4.82. The summed E-state index contributed by atoms with van der Waals surface area (Å²) in [5, 5.41) is 0. The largest absolute Gasteiger partial charge is 0.364 e. The predicted molar refractivity (Wildman–Crippen MR) is 87.2 cm³/mol. The smallest absolute Gasteiger partial charge is 0.268 e. The van der Waals surface area contributed by atoms with Gasteiger partial charge in [0.25, 0.3) is 5.91 Å². The van der Waals surface area contributed by atoms with E-state index < -0.39 is 5.91 Å². The fourth-order valence-electron chi connectivity index (χ4n) is 1.94. The number of carbonyl (C=O) groups is 2. The molecule has 0 spiro atoms. The minimum absolute atomic E-state index is 0. The van der Waals surface area contributed by atoms with Gasteiger partial charge in [-0.05, 0) is 24.0 Å². The highest BCUT2D eigenvalue weighted by atomic mass is 16.2. The molecule has 0 fully saturated rings. The van der Waals surface area contributed by atoms with Crippen molar-refractivity contribution in [2.45, 2.75) is 26.7 Å². The highest BCUT2D eigenvalue weighted by Crippen LogP contribution is 2.08. The topological polar surface area (TPSA) is 124 Å². The van der Waals surface area contributed by atoms with Crippen molar-refractivity contribution in [3.63, 3.8) is 0 Å². The molecule has 0 bridgehead atoms. The summed E-state index contributed by atoms with van der Waals surface area (Å²) in [4.78, 5) is 30.2. The minimum atomic E-state index is -0.587. The number of benzene rings is 1. The number of nitrogens with two attached hydrogens (primary N) is 2. The molecule has 1 aromatic heterocycles. The van der Waals surface area contributed by atoms with E-state index in [1.54, 1.807) is 6.20 Å². The van der Waals surface area contributed by atoms with E-state index in [9.17, 15) is 9.59 Å². The molecule has 2 rings (SSSR count). The number of aromatic nitrogens is 2. The number of hydrogen-bond acceptors (Lipinski definition) is 5. The number of aryl methyl sites for hydroxylation is 2. The lowest BCUT2D eigenvalue weighted by Crippen LogP contribution is -2.31. The van der Waals surface area contributed by atoms with Crippen LogP contribution in [0.1, 0.15) is 34.7 Å². The van der Waals surface area contributed by atoms with Crippen LogP contribution < -0.4 is 17.0 Å². The number of primary amides is 1. The van der Waals surface area contributed by atoms with E-state index >= 15 is 0 Å². The molecular weight excluding hydrogens is 294 g/mol. The molecule has 0 aliphatic carbocycles. The lowest BCUT2D eigenvalue weighted by Gasteiger charge is -2.04. The Bertz CT molecular complexity index is 653. The average Bonchev–Trinajstić information content (AvgIpc) is 2.54. The van der Waals surface area contributed by atoms with Gasteiger partial charge in [-0.25, -0.2) is 10.8 Å². The van der Waals surface area contributed by atoms with Crippen LogP contribution in [0.15, 0.2) is 36.7 Å². The summed E-state index contributed by atoms with van der Waals surface area (Å²) in [5.74, 6) is 4.24. The zero-order chi connectivity index (χ0) is 15.9. The molecular formula is C16H21N5O2. The summed E-state index contributed by atoms with van der Waals surface area (Å²) in [6.45, 7) is 0. The van der Waals surface area contributed by atoms with Crippen LogP contribution in [0, 0.1) is 0 Å². The van der Waals surface area contributed by atoms with Crippen LogP contribution in [-0.2, 0) is 24.1 Å². The summed E-state index contributed by atoms with van der Waals surface area (Å²) in [6, 6.07) is 7.72. The molecule has 2 aromatic rings. The van der Waals surface area contributed by atoms with Crippen molar-refractivity contribution in [3.8, 4) is 0 Å². The second-order valence-electron chi connectivity index (χ2n) is 4.82. The van der Waals surface area contributed by atoms with Gasteiger partial charge >= 0.3 is 0 Å². The monoisotopic (exact) mass is 315 g/mol. The summed E-state index contributed by atoms with van der Waals surface area (Å²) in [7, 11) is 0. The van der Waals surface area contributed by atoms with Crippen LogP contribution in [0.5, 0.6) is 0 Å². The number of rotatable bonds is 6. The van der Waals surface area contributed by atoms with Crippen molar-refractivity contribution >= 4 is 11.8 Å². The Balaban J connectivity index is 0.00000264. The maximum Gasteiger partial charge on any atom is 0.268 e. The third-order valence-electron chi connectivity index (χ3n) is 3.18. The minimum Gasteiger partial charge on any atom is -0.364 e. The van der Waals surface area contributed by atoms with E-state index in [-0.39, 0.29) is 25.4 Å². The van der Waals surface area contributed by atoms with E-state index in [2.05, 4.69) is 15.4 Å². The first-order valence-corrected chi connectivity index (χ1v) is 6.76. The zero-order valence-electron chi connectivity index (χ0n) is 12.0. The van der Waals surface area contributed by atoms with Crippen LogP contribution in [0.2, 0.25) is 0 Å². The molecule has 0 radical (unpaired) electrons. The van der Waals surface area contributed by atoms with Gasteiger partial charge in [-0.15, -0.1) is 0 Å². The quantitative estimate of drug-likeness (QED) is 0.407. The van der Waals surface area contributed by atoms with Gasteiger partial charge in [0.05, 0.1) is 18.3 Å². The van der Waals surface area contributed by atoms with Crippen molar-refractivity contribution in [2.24, 2.45) is 11.6 Å². The van der Waals surface area contributed by atoms with Crippen LogP contribution in [0.25, 0.3) is 0 Å². The molecule has 2 amide bonds. The summed E-state index contributed by atoms with van der Waals surface area (Å²) in [6.07, 6.45) is 4.69. The van der Waals surface area contributed by atoms with Gasteiger partial charge in [-0.2, -0.15) is 0 Å². The summed E-state index contributed by atoms with van der Waals surface area (Å²) >= 11 is 0. The molecule has 23 heavy (non-hydrogen) atoms. The number of hydrogen-bond donors (Lipinski definition) is 3. The van der Waals surface area contributed by atoms with Gasteiger partial charge < -0.3 is 5.73 Å². The molecule has 0 atom stereocenters. The molecule has 0 saturated carbocycles. The second kappa shape index (κ2) is 8.60. The van der Waals surface area contributed by atoms with Gasteiger partial charge in [0.2, 0.25) is 5.91 Å². The molecule has 5 N–H and O–H groups in total. The Labute approximate surface area is 135 Å². The Morgan fingerprint density at radius 1 is 1.00 bits per heavy atom. The fraction of sp³-hybridized carbons (Fsp3) is 0.250. The predicted octanol–water partition coefficient (Wildman–Crippen LogP) is 0.529. The standard InChI is InChI=1S/C15H17N5O2.CH4/c16-15(22)13-9-18-12(8-19-13)6-5-10-1-3-11(4-2-10)7-14(21)20-17;/h1-4,8-9H,5-7,17H2,(H2,16,22)(H,20,21);1H4. The Hall–Kier alpha value is -2.80. The van der Waals surface area contributed by atoms with Gasteiger partial charge in [0, 0.05) is 6.20 Å². The molecule has 7 heteroatoms. The van der Waals surface area contributed by atoms with Crippen LogP contribution >= 0.6 is 0 Å². The number of hydrazine groups is 1. The lowest BCUT2D eigenvalue weighted by molar-refractivity contribution is -0.120. The highest BCUT2D eigenvalue weighted by molar-refractivity contribution is 5.90. The zero-order valence-corrected chi connectivity index (χ0v) is 12.0. The van der Waals surface area contributed by atoms with E-state index in [1.165, 1.54) is 6.20 Å². The number of nitrogens with zero attached hydrogens (tertiary/aromatic N) is 2. The first kappa shape index (κ1) is 18.2. The Morgan fingerprint density at radius 2 is 1.65 bits per heavy atom. The van der Waals surface area contributed by atoms with E-state index in [0.29, 0.717) is 6.42 Å². The fourth-order valence-corrected chi connectivity index (χ4v) is 1.94. The molecule has 1 heterocycles. The van der Waals surface area contributed by atoms with Crippen molar-refractivity contribution in [1.82, 2.24) is 15.4 Å². The average molecular weight is 315 g/mol. The SMILES string of the molecule is C.NNC(=O)Cc1ccc(CCc2cnc(C(N)=O)cn2)cc1. The molecule has 0 saturated heterocycles. The number of amides is 2. The van der Waals surface area contributed by atoms with E-state index in [1.807, 2.05) is 24.3 Å². The Kier molecular flexibility index (Phi) is 6.82. The summed E-state index contributed by atoms with van der Waals surface area (Å²) < 4.78 is 0. The maximum absolute atomic E-state index is 11.2. The third kappa shape index (κ3) is 5.48. The van der Waals surface area contributed by atoms with Crippen molar-refractivity contribution in [1.29, 1.82) is 0 Å². The van der Waals surface area contributed by atoms with Gasteiger partial charge in [-0.3, -0.25) is 20.0 Å². The normalized spacial score (nSPS) is 9.78. The molecule has 0 aliphatic heterocycles. The Morgan fingerprint density at radius 3 is 2.17 bits per heavy atom. The lowest BCUT2D eigenvalue weighted by atomic mass is 10.0. The van der Waals surface area contributed by atoms with Crippen LogP contribution in [0.3, 0.4) is 0 Å². The van der Waals surface area contributed by atoms with Crippen LogP contribution in [0.4, 0.5) is 0 Å². The number of nitrogens with one attached hydrogen (secondary N) is 1. The van der Waals surface area contributed by atoms with Crippen LogP contribution in [-0.4, -0.2) is 21.8 Å². The van der Waals surface area contributed by atoms with E-state index in [0.717, 1.165) is 23.2 Å². The summed E-state index contributed by atoms with van der Waals surface area (Å²) in [5.41, 5.74) is 10.2. The first-order chi connectivity index (χ1) is 10.6. The number of carbonyl (C=O) groups excluding carboxylic acids is 2. The molecule has 0 unspecified atom stereocenters. The van der Waals surface area contributed by atoms with Gasteiger partial charge in [-0.1, -0.05) is 31.7 Å². The highest BCUT2D eigenvalue weighted by Gasteiger charge is 2.04. The molecule has 122 valence electrons. The molecule has 7 nitrogen and oxygen atoms in total. The first-order valence-electron chi connectivity index (χ1n) is 6.76. The van der Waals surface area contributed by atoms with Crippen molar-refractivity contribution < 1.29 is 9.59 Å². The van der Waals surface area contributed by atoms with Crippen molar-refractivity contribution in [2.75, 3.05) is 0 Å². The molecule has 1 aromatic carbocycles. The van der Waals surface area contributed by atoms with Gasteiger partial charge in [0.15, 0.2) is 0 Å². The van der Waals surface area contributed by atoms with E-state index in [4.69, 9.17) is 11.6 Å². The van der Waals surface area contributed by atoms with Crippen molar-refractivity contribution in [3.05, 3.63) is 59.2 Å². The maximum atomic E-state index is 11.2. The molecule has 0 aliphatic rings.